The topological polar surface area (TPSA) is 51.0 Å². The maximum absolute atomic E-state index is 5.50. The number of nitrogens with zero attached hydrogens (tertiary/aromatic N) is 2. The molecule has 1 N–H and O–H groups in total. The highest BCUT2D eigenvalue weighted by Gasteiger charge is 2.33. The molecule has 4 nitrogen and oxygen atoms in total. The maximum atomic E-state index is 5.50. The van der Waals surface area contributed by atoms with Crippen LogP contribution in [-0.2, 0) is 0 Å². The summed E-state index contributed by atoms with van der Waals surface area (Å²) >= 11 is 3.97. The van der Waals surface area contributed by atoms with E-state index in [1.165, 1.54) is 11.5 Å². The molecule has 0 amide bonds. The van der Waals surface area contributed by atoms with Gasteiger partial charge in [0.05, 0.1) is 11.2 Å². The van der Waals surface area contributed by atoms with Gasteiger partial charge in [-0.15, -0.1) is 11.8 Å². The molecule has 6 heteroatoms. The summed E-state index contributed by atoms with van der Waals surface area (Å²) in [5.41, 5.74) is 0. The molecule has 100 valence electrons. The summed E-state index contributed by atoms with van der Waals surface area (Å²) in [7, 11) is 0. The SMILES string of the molecule is CC1SCCSC1c1noc([C@@H]2CNC[C@H]2C)n1. The number of aromatic nitrogens is 2. The van der Waals surface area contributed by atoms with E-state index in [0.717, 1.165) is 24.8 Å². The lowest BCUT2D eigenvalue weighted by Crippen LogP contribution is -2.17. The Morgan fingerprint density at radius 2 is 2.06 bits per heavy atom. The Morgan fingerprint density at radius 1 is 1.22 bits per heavy atom. The average Bonchev–Trinajstić information content (AvgIpc) is 2.98. The first-order chi connectivity index (χ1) is 8.75. The summed E-state index contributed by atoms with van der Waals surface area (Å²) in [4.78, 5) is 4.66. The van der Waals surface area contributed by atoms with Gasteiger partial charge in [-0.2, -0.15) is 16.7 Å². The second kappa shape index (κ2) is 5.43. The van der Waals surface area contributed by atoms with Gasteiger partial charge in [0.2, 0.25) is 5.89 Å². The third-order valence-corrected chi connectivity index (χ3v) is 6.82. The van der Waals surface area contributed by atoms with Gasteiger partial charge in [-0.3, -0.25) is 0 Å². The summed E-state index contributed by atoms with van der Waals surface area (Å²) in [6.45, 7) is 6.51. The highest BCUT2D eigenvalue weighted by molar-refractivity contribution is 8.06. The number of hydrogen-bond acceptors (Lipinski definition) is 6. The lowest BCUT2D eigenvalue weighted by atomic mass is 9.98. The highest BCUT2D eigenvalue weighted by atomic mass is 32.2. The van der Waals surface area contributed by atoms with Crippen molar-refractivity contribution in [3.05, 3.63) is 11.7 Å². The molecule has 2 saturated heterocycles. The van der Waals surface area contributed by atoms with Crippen LogP contribution < -0.4 is 5.32 Å². The van der Waals surface area contributed by atoms with Gasteiger partial charge >= 0.3 is 0 Å². The van der Waals surface area contributed by atoms with Gasteiger partial charge in [0.25, 0.3) is 0 Å². The molecule has 0 bridgehead atoms. The molecule has 4 atom stereocenters. The number of rotatable bonds is 2. The molecule has 2 fully saturated rings. The maximum Gasteiger partial charge on any atom is 0.231 e. The minimum absolute atomic E-state index is 0.391. The van der Waals surface area contributed by atoms with Crippen molar-refractivity contribution in [1.82, 2.24) is 15.5 Å². The lowest BCUT2D eigenvalue weighted by molar-refractivity contribution is 0.336. The van der Waals surface area contributed by atoms with E-state index in [4.69, 9.17) is 4.52 Å². The molecule has 3 rings (SSSR count). The molecule has 0 aliphatic carbocycles. The zero-order valence-electron chi connectivity index (χ0n) is 10.8. The highest BCUT2D eigenvalue weighted by Crippen LogP contribution is 2.41. The van der Waals surface area contributed by atoms with Crippen LogP contribution in [0.4, 0.5) is 0 Å². The van der Waals surface area contributed by atoms with Crippen LogP contribution in [0.3, 0.4) is 0 Å². The predicted octanol–water partition coefficient (Wildman–Crippen LogP) is 2.30. The molecule has 2 aliphatic rings. The Bertz CT molecular complexity index is 412. The minimum Gasteiger partial charge on any atom is -0.339 e. The van der Waals surface area contributed by atoms with Crippen molar-refractivity contribution in [2.45, 2.75) is 30.3 Å². The van der Waals surface area contributed by atoms with Gasteiger partial charge in [0, 0.05) is 23.3 Å². The molecular formula is C12H19N3OS2. The largest absolute Gasteiger partial charge is 0.339 e. The molecular weight excluding hydrogens is 266 g/mol. The first kappa shape index (κ1) is 12.8. The van der Waals surface area contributed by atoms with Gasteiger partial charge in [-0.1, -0.05) is 19.0 Å². The molecule has 18 heavy (non-hydrogen) atoms. The molecule has 0 aromatic carbocycles. The average molecular weight is 285 g/mol. The first-order valence-electron chi connectivity index (χ1n) is 6.53. The Labute approximate surface area is 116 Å². The van der Waals surface area contributed by atoms with Crippen molar-refractivity contribution >= 4 is 23.5 Å². The van der Waals surface area contributed by atoms with Crippen LogP contribution in [0.5, 0.6) is 0 Å². The monoisotopic (exact) mass is 285 g/mol. The second-order valence-corrected chi connectivity index (χ2v) is 7.83. The summed E-state index contributed by atoms with van der Waals surface area (Å²) in [6.07, 6.45) is 0. The van der Waals surface area contributed by atoms with Crippen molar-refractivity contribution < 1.29 is 4.52 Å². The summed E-state index contributed by atoms with van der Waals surface area (Å²) in [5, 5.41) is 8.57. The zero-order chi connectivity index (χ0) is 12.5. The van der Waals surface area contributed by atoms with Crippen molar-refractivity contribution in [3.8, 4) is 0 Å². The van der Waals surface area contributed by atoms with Crippen LogP contribution in [0, 0.1) is 5.92 Å². The fraction of sp³-hybridized carbons (Fsp3) is 0.833. The Morgan fingerprint density at radius 3 is 2.78 bits per heavy atom. The standard InChI is InChI=1S/C12H19N3OS2/c1-7-5-13-6-9(7)12-14-11(15-16-12)10-8(2)17-3-4-18-10/h7-10,13H,3-6H2,1-2H3/t7-,8?,9-,10?/m1/s1. The van der Waals surface area contributed by atoms with Gasteiger partial charge in [-0.25, -0.2) is 0 Å². The van der Waals surface area contributed by atoms with E-state index in [1.807, 2.05) is 23.5 Å². The fourth-order valence-corrected chi connectivity index (χ4v) is 5.25. The number of hydrogen-bond donors (Lipinski definition) is 1. The van der Waals surface area contributed by atoms with Crippen LogP contribution in [-0.4, -0.2) is 40.0 Å². The zero-order valence-corrected chi connectivity index (χ0v) is 12.4. The number of nitrogens with one attached hydrogen (secondary N) is 1. The van der Waals surface area contributed by atoms with Crippen molar-refractivity contribution in [3.63, 3.8) is 0 Å². The van der Waals surface area contributed by atoms with E-state index in [2.05, 4.69) is 29.3 Å². The molecule has 2 unspecified atom stereocenters. The second-order valence-electron chi connectivity index (χ2n) is 5.10. The fourth-order valence-electron chi connectivity index (χ4n) is 2.57. The van der Waals surface area contributed by atoms with E-state index < -0.39 is 0 Å². The van der Waals surface area contributed by atoms with Crippen LogP contribution >= 0.6 is 23.5 Å². The van der Waals surface area contributed by atoms with Gasteiger partial charge in [0.1, 0.15) is 0 Å². The third-order valence-electron chi connectivity index (χ3n) is 3.73. The van der Waals surface area contributed by atoms with E-state index in [0.29, 0.717) is 22.3 Å². The normalized spacial score (nSPS) is 37.0. The molecule has 3 heterocycles. The molecule has 2 aliphatic heterocycles. The number of thioether (sulfide) groups is 2. The van der Waals surface area contributed by atoms with Crippen LogP contribution in [0.25, 0.3) is 0 Å². The van der Waals surface area contributed by atoms with Crippen molar-refractivity contribution in [2.24, 2.45) is 5.92 Å². The summed E-state index contributed by atoms with van der Waals surface area (Å²) in [5.74, 6) is 5.12. The van der Waals surface area contributed by atoms with E-state index >= 15 is 0 Å². The van der Waals surface area contributed by atoms with Gasteiger partial charge < -0.3 is 9.84 Å². The molecule has 0 spiro atoms. The van der Waals surface area contributed by atoms with E-state index in [9.17, 15) is 0 Å². The Balaban J connectivity index is 1.76. The Kier molecular flexibility index (Phi) is 3.86. The van der Waals surface area contributed by atoms with Crippen molar-refractivity contribution in [1.29, 1.82) is 0 Å². The summed E-state index contributed by atoms with van der Waals surface area (Å²) in [6, 6.07) is 0. The first-order valence-corrected chi connectivity index (χ1v) is 8.63. The molecule has 0 radical (unpaired) electrons. The lowest BCUT2D eigenvalue weighted by Gasteiger charge is -2.24. The minimum atomic E-state index is 0.391. The van der Waals surface area contributed by atoms with E-state index in [-0.39, 0.29) is 0 Å². The van der Waals surface area contributed by atoms with E-state index in [1.54, 1.807) is 0 Å². The molecule has 0 saturated carbocycles. The summed E-state index contributed by atoms with van der Waals surface area (Å²) < 4.78 is 5.50. The van der Waals surface area contributed by atoms with Crippen LogP contribution in [0.1, 0.15) is 36.7 Å². The van der Waals surface area contributed by atoms with Gasteiger partial charge in [-0.05, 0) is 12.5 Å². The van der Waals surface area contributed by atoms with Crippen LogP contribution in [0.2, 0.25) is 0 Å². The van der Waals surface area contributed by atoms with Crippen molar-refractivity contribution in [2.75, 3.05) is 24.6 Å². The predicted molar refractivity (Wildman–Crippen MR) is 76.2 cm³/mol. The molecule has 1 aromatic heterocycles. The molecule has 1 aromatic rings. The van der Waals surface area contributed by atoms with Gasteiger partial charge in [0.15, 0.2) is 5.82 Å². The van der Waals surface area contributed by atoms with Crippen LogP contribution in [0.15, 0.2) is 4.52 Å². The third kappa shape index (κ3) is 2.42. The quantitative estimate of drug-likeness (QED) is 0.900. The smallest absolute Gasteiger partial charge is 0.231 e. The Hall–Kier alpha value is -0.200.